The van der Waals surface area contributed by atoms with Gasteiger partial charge in [-0.25, -0.2) is 4.79 Å². The highest BCUT2D eigenvalue weighted by molar-refractivity contribution is 5.72. The van der Waals surface area contributed by atoms with E-state index in [1.807, 2.05) is 0 Å². The summed E-state index contributed by atoms with van der Waals surface area (Å²) in [6, 6.07) is 0. The van der Waals surface area contributed by atoms with E-state index in [1.54, 1.807) is 0 Å². The predicted molar refractivity (Wildman–Crippen MR) is 249 cm³/mol. The third-order valence-electron chi connectivity index (χ3n) is 11.8. The second-order valence-electron chi connectivity index (χ2n) is 17.9. The van der Waals surface area contributed by atoms with Gasteiger partial charge in [-0.05, 0) is 111 Å². The molecule has 0 bridgehead atoms. The first-order valence-corrected chi connectivity index (χ1v) is 25.3. The van der Waals surface area contributed by atoms with Crippen LogP contribution in [0.1, 0.15) is 227 Å². The maximum atomic E-state index is 13.3. The molecule has 2 atom stereocenters. The van der Waals surface area contributed by atoms with Crippen molar-refractivity contribution in [2.45, 2.75) is 233 Å². The van der Waals surface area contributed by atoms with E-state index in [9.17, 15) is 14.4 Å². The second kappa shape index (κ2) is 42.8. The lowest BCUT2D eigenvalue weighted by Crippen LogP contribution is -2.32. The number of alkyl carbamates (subject to hydrolysis) is 1. The van der Waals surface area contributed by atoms with Gasteiger partial charge in [0.15, 0.2) is 0 Å². The molecule has 59 heavy (non-hydrogen) atoms. The van der Waals surface area contributed by atoms with Gasteiger partial charge in [0, 0.05) is 6.54 Å². The predicted octanol–water partition coefficient (Wildman–Crippen LogP) is 13.1. The maximum absolute atomic E-state index is 13.3. The second-order valence-corrected chi connectivity index (χ2v) is 17.9. The van der Waals surface area contributed by atoms with Crippen LogP contribution in [0.3, 0.4) is 0 Å². The number of nitrogens with one attached hydrogen (secondary N) is 1. The minimum atomic E-state index is -0.408. The zero-order valence-electron chi connectivity index (χ0n) is 40.2. The number of carbonyl (C=O) groups is 3. The van der Waals surface area contributed by atoms with Crippen molar-refractivity contribution in [1.29, 1.82) is 0 Å². The summed E-state index contributed by atoms with van der Waals surface area (Å²) in [5.41, 5.74) is 0. The van der Waals surface area contributed by atoms with E-state index in [1.165, 1.54) is 109 Å². The normalized spacial score (nSPS) is 13.1. The van der Waals surface area contributed by atoms with Crippen molar-refractivity contribution >= 4 is 18.0 Å². The molecule has 0 radical (unpaired) electrons. The Bertz CT molecular complexity index is 898. The molecule has 350 valence electrons. The number of ether oxygens (including phenoxy) is 3. The number of hydrogen-bond acceptors (Lipinski definition) is 8. The average molecular weight is 838 g/mol. The van der Waals surface area contributed by atoms with E-state index in [0.29, 0.717) is 45.4 Å². The summed E-state index contributed by atoms with van der Waals surface area (Å²) in [6.07, 6.45) is 32.4. The van der Waals surface area contributed by atoms with Gasteiger partial charge in [-0.1, -0.05) is 156 Å². The lowest BCUT2D eigenvalue weighted by atomic mass is 9.94. The monoisotopic (exact) mass is 838 g/mol. The Kier molecular flexibility index (Phi) is 41.4. The van der Waals surface area contributed by atoms with Crippen LogP contribution in [0.2, 0.25) is 0 Å². The van der Waals surface area contributed by atoms with Gasteiger partial charge >= 0.3 is 18.0 Å². The molecule has 0 aliphatic carbocycles. The van der Waals surface area contributed by atoms with Crippen LogP contribution in [-0.4, -0.2) is 94.5 Å². The molecule has 0 aliphatic rings. The largest absolute Gasteiger partial charge is 0.465 e. The molecule has 0 fully saturated rings. The Balaban J connectivity index is 5.18. The molecule has 0 aromatic carbocycles. The molecule has 0 aliphatic heterocycles. The first-order chi connectivity index (χ1) is 28.7. The molecule has 0 saturated heterocycles. The summed E-state index contributed by atoms with van der Waals surface area (Å²) in [5, 5.41) is 2.96. The minimum Gasteiger partial charge on any atom is -0.465 e. The van der Waals surface area contributed by atoms with Gasteiger partial charge in [-0.2, -0.15) is 0 Å². The molecular formula is C50H99N3O6. The number of amides is 1. The van der Waals surface area contributed by atoms with Crippen LogP contribution in [-0.2, 0) is 23.8 Å². The lowest BCUT2D eigenvalue weighted by molar-refractivity contribution is -0.150. The minimum absolute atomic E-state index is 0.0286. The molecule has 0 rings (SSSR count). The highest BCUT2D eigenvalue weighted by atomic mass is 16.6. The first kappa shape index (κ1) is 57.1. The van der Waals surface area contributed by atoms with E-state index in [0.717, 1.165) is 83.8 Å². The van der Waals surface area contributed by atoms with Gasteiger partial charge in [0.1, 0.15) is 6.10 Å². The topological polar surface area (TPSA) is 97.4 Å². The molecular weight excluding hydrogens is 739 g/mol. The molecule has 0 aromatic rings. The fourth-order valence-electron chi connectivity index (χ4n) is 7.86. The summed E-state index contributed by atoms with van der Waals surface area (Å²) < 4.78 is 17.7. The van der Waals surface area contributed by atoms with Crippen LogP contribution in [0, 0.1) is 11.8 Å². The Morgan fingerprint density at radius 2 is 0.814 bits per heavy atom. The van der Waals surface area contributed by atoms with Crippen molar-refractivity contribution in [2.24, 2.45) is 11.8 Å². The number of carbonyl (C=O) groups excluding carboxylic acids is 3. The molecule has 2 unspecified atom stereocenters. The van der Waals surface area contributed by atoms with Crippen molar-refractivity contribution in [1.82, 2.24) is 15.1 Å². The number of rotatable bonds is 44. The molecule has 9 nitrogen and oxygen atoms in total. The van der Waals surface area contributed by atoms with Gasteiger partial charge in [0.2, 0.25) is 0 Å². The highest BCUT2D eigenvalue weighted by Crippen LogP contribution is 2.23. The van der Waals surface area contributed by atoms with Gasteiger partial charge in [-0.3, -0.25) is 9.59 Å². The number of unbranched alkanes of at least 4 members (excludes halogenated alkanes) is 17. The molecule has 1 amide bonds. The van der Waals surface area contributed by atoms with Gasteiger partial charge in [-0.15, -0.1) is 0 Å². The molecule has 9 heteroatoms. The Morgan fingerprint density at radius 1 is 0.441 bits per heavy atom. The third kappa shape index (κ3) is 37.6. The molecule has 0 saturated carbocycles. The van der Waals surface area contributed by atoms with Crippen LogP contribution >= 0.6 is 0 Å². The standard InChI is InChI=1S/C50H99N3O6/c1-8-12-16-20-22-26-35-45(33-24-18-14-10-3)48(54)57-43-30-37-47(59-50(56)51-39-32-42-53(7)41-29-28-40-52(5)6)38-31-44-58-49(55)46(34-25-19-15-11-4)36-27-23-21-17-13-9-2/h45-47H,8-44H2,1-7H3,(H,51,56). The van der Waals surface area contributed by atoms with E-state index < -0.39 is 6.09 Å². The fraction of sp³-hybridized carbons (Fsp3) is 0.940. The van der Waals surface area contributed by atoms with E-state index >= 15 is 0 Å². The zero-order valence-corrected chi connectivity index (χ0v) is 40.2. The van der Waals surface area contributed by atoms with Crippen molar-refractivity contribution in [3.8, 4) is 0 Å². The summed E-state index contributed by atoms with van der Waals surface area (Å²) >= 11 is 0. The van der Waals surface area contributed by atoms with E-state index in [4.69, 9.17) is 14.2 Å². The van der Waals surface area contributed by atoms with E-state index in [-0.39, 0.29) is 29.9 Å². The van der Waals surface area contributed by atoms with Crippen LogP contribution in [0.4, 0.5) is 4.79 Å². The van der Waals surface area contributed by atoms with Crippen molar-refractivity contribution in [3.63, 3.8) is 0 Å². The van der Waals surface area contributed by atoms with Gasteiger partial charge in [0.25, 0.3) is 0 Å². The molecule has 0 heterocycles. The lowest BCUT2D eigenvalue weighted by Gasteiger charge is -2.20. The smallest absolute Gasteiger partial charge is 0.407 e. The Morgan fingerprint density at radius 3 is 1.24 bits per heavy atom. The number of esters is 2. The van der Waals surface area contributed by atoms with Crippen molar-refractivity contribution < 1.29 is 28.6 Å². The molecule has 1 N–H and O–H groups in total. The fourth-order valence-corrected chi connectivity index (χ4v) is 7.86. The van der Waals surface area contributed by atoms with Crippen molar-refractivity contribution in [3.05, 3.63) is 0 Å². The summed E-state index contributed by atoms with van der Waals surface area (Å²) in [4.78, 5) is 44.1. The Hall–Kier alpha value is -1.87. The summed E-state index contributed by atoms with van der Waals surface area (Å²) in [6.45, 7) is 13.2. The highest BCUT2D eigenvalue weighted by Gasteiger charge is 2.22. The van der Waals surface area contributed by atoms with Crippen LogP contribution in [0.15, 0.2) is 0 Å². The van der Waals surface area contributed by atoms with E-state index in [2.05, 4.69) is 64.0 Å². The van der Waals surface area contributed by atoms with Crippen LogP contribution in [0.25, 0.3) is 0 Å². The zero-order chi connectivity index (χ0) is 43.6. The van der Waals surface area contributed by atoms with Gasteiger partial charge in [0.05, 0.1) is 25.0 Å². The summed E-state index contributed by atoms with van der Waals surface area (Å²) in [7, 11) is 6.35. The number of nitrogens with zero attached hydrogens (tertiary/aromatic N) is 2. The maximum Gasteiger partial charge on any atom is 0.407 e. The summed E-state index contributed by atoms with van der Waals surface area (Å²) in [5.74, 6) is -0.187. The van der Waals surface area contributed by atoms with Crippen molar-refractivity contribution in [2.75, 3.05) is 60.5 Å². The van der Waals surface area contributed by atoms with Gasteiger partial charge < -0.3 is 29.3 Å². The average Bonchev–Trinajstić information content (AvgIpc) is 3.22. The Labute approximate surface area is 366 Å². The first-order valence-electron chi connectivity index (χ1n) is 25.3. The van der Waals surface area contributed by atoms with Crippen LogP contribution in [0.5, 0.6) is 0 Å². The molecule has 0 spiro atoms. The number of hydrogen-bond donors (Lipinski definition) is 1. The SMILES string of the molecule is CCCCCCCCC(CCCCCC)C(=O)OCCCC(CCCOC(=O)C(CCCCCC)CCCCCCCC)OC(=O)NCCCN(C)CCCCN(C)C. The quantitative estimate of drug-likeness (QED) is 0.0368. The van der Waals surface area contributed by atoms with Crippen LogP contribution < -0.4 is 5.32 Å². The third-order valence-corrected chi connectivity index (χ3v) is 11.8. The molecule has 0 aromatic heterocycles.